The number of benzene rings is 4. The maximum atomic E-state index is 14.4. The van der Waals surface area contributed by atoms with Crippen molar-refractivity contribution in [3.63, 3.8) is 0 Å². The molecule has 18 heteroatoms. The van der Waals surface area contributed by atoms with E-state index in [0.717, 1.165) is 31.7 Å². The minimum Gasteiger partial charge on any atom is -0.543 e. The van der Waals surface area contributed by atoms with Crippen molar-refractivity contribution >= 4 is 47.4 Å². The van der Waals surface area contributed by atoms with Crippen molar-refractivity contribution in [2.24, 2.45) is 0 Å². The predicted octanol–water partition coefficient (Wildman–Crippen LogP) is 10.6. The number of halogens is 2. The summed E-state index contributed by atoms with van der Waals surface area (Å²) >= 11 is 8.50. The van der Waals surface area contributed by atoms with Gasteiger partial charge in [-0.25, -0.2) is 29.1 Å². The Balaban J connectivity index is 1.15. The van der Waals surface area contributed by atoms with Gasteiger partial charge in [-0.15, -0.1) is 11.3 Å². The van der Waals surface area contributed by atoms with Crippen molar-refractivity contribution in [1.29, 1.82) is 0 Å². The molecule has 14 nitrogen and oxygen atoms in total. The third-order valence-corrected chi connectivity index (χ3v) is 19.3. The molecule has 378 valence electrons. The molecule has 72 heavy (non-hydrogen) atoms. The molecule has 1 aliphatic rings. The quantitative estimate of drug-likeness (QED) is 0.0736. The summed E-state index contributed by atoms with van der Waals surface area (Å²) in [5.74, 6) is 0.862. The van der Waals surface area contributed by atoms with E-state index in [1.807, 2.05) is 49.4 Å². The first-order valence-corrected chi connectivity index (χ1v) is 27.8. The Morgan fingerprint density at radius 2 is 1.65 bits per heavy atom. The SMILES string of the molecule is COc1ccccc1-c1nccc(COc2ccc(O[Si](C)(C)C(C)(C)C)cc2C[C@@H](Oc2ncnc3sc(-c4ccc(F)cc4)c(-c4ccc(O[C@@H](CO)CN5CCN(C)CC5)c(Cl)c4C)c23)C(=O)O)n1. The van der Waals surface area contributed by atoms with Crippen LogP contribution in [-0.2, 0) is 17.8 Å². The van der Waals surface area contributed by atoms with E-state index in [1.54, 1.807) is 43.6 Å². The normalized spacial score (nSPS) is 14.5. The van der Waals surface area contributed by atoms with Gasteiger partial charge in [0, 0.05) is 61.3 Å². The smallest absolute Gasteiger partial charge is 0.345 e. The van der Waals surface area contributed by atoms with Gasteiger partial charge in [0.2, 0.25) is 20.3 Å². The number of hydrogen-bond donors (Lipinski definition) is 2. The van der Waals surface area contributed by atoms with Gasteiger partial charge in [0.1, 0.15) is 52.7 Å². The Kier molecular flexibility index (Phi) is 16.1. The van der Waals surface area contributed by atoms with E-state index in [9.17, 15) is 19.4 Å². The van der Waals surface area contributed by atoms with E-state index in [-0.39, 0.29) is 30.6 Å². The number of carboxylic acids is 1. The van der Waals surface area contributed by atoms with Crippen molar-refractivity contribution in [1.82, 2.24) is 29.7 Å². The standard InChI is InChI=1S/C54H60ClFN6O8SSi/c1-33-40(18-20-44(48(33)55)68-39(30-63)29-62-25-23-61(5)24-26-62)46-47-51(58-32-59-52(47)71-49(46)34-13-15-36(56)16-14-34)69-45(53(64)65)28-35-27-38(70-72(7,8)54(2,3)4)17-19-42(35)67-31-37-21-22-57-50(60-37)41-11-9-10-12-43(41)66-6/h9-22,27,32,39,45,63H,23-26,28-31H2,1-8H3,(H,64,65)/t39-,45-/m1/s1. The van der Waals surface area contributed by atoms with Gasteiger partial charge in [-0.1, -0.05) is 62.7 Å². The van der Waals surface area contributed by atoms with Gasteiger partial charge in [-0.05, 0) is 103 Å². The Labute approximate surface area is 429 Å². The number of methoxy groups -OCH3 is 1. The van der Waals surface area contributed by atoms with E-state index in [2.05, 4.69) is 65.7 Å². The number of piperazine rings is 1. The van der Waals surface area contributed by atoms with Crippen LogP contribution in [0.4, 0.5) is 4.39 Å². The zero-order chi connectivity index (χ0) is 51.3. The molecule has 0 spiro atoms. The highest BCUT2D eigenvalue weighted by atomic mass is 35.5. The van der Waals surface area contributed by atoms with Crippen LogP contribution < -0.4 is 23.4 Å². The number of para-hydroxylation sites is 1. The average molecular weight is 1040 g/mol. The first-order valence-electron chi connectivity index (χ1n) is 23.7. The molecule has 4 aromatic carbocycles. The van der Waals surface area contributed by atoms with Crippen LogP contribution in [0, 0.1) is 12.7 Å². The molecule has 1 aliphatic heterocycles. The number of aliphatic hydroxyl groups excluding tert-OH is 1. The Bertz CT molecular complexity index is 3040. The molecule has 0 aliphatic carbocycles. The lowest BCUT2D eigenvalue weighted by Crippen LogP contribution is -2.48. The highest BCUT2D eigenvalue weighted by molar-refractivity contribution is 7.22. The summed E-state index contributed by atoms with van der Waals surface area (Å²) in [5.41, 5.74) is 4.47. The lowest BCUT2D eigenvalue weighted by Gasteiger charge is -2.36. The molecule has 4 heterocycles. The van der Waals surface area contributed by atoms with Gasteiger partial charge in [0.05, 0.1) is 35.4 Å². The molecule has 0 amide bonds. The lowest BCUT2D eigenvalue weighted by molar-refractivity contribution is -0.145. The van der Waals surface area contributed by atoms with E-state index in [4.69, 9.17) is 40.0 Å². The summed E-state index contributed by atoms with van der Waals surface area (Å²) in [7, 11) is 1.34. The number of rotatable bonds is 19. The minimum atomic E-state index is -2.34. The number of nitrogens with zero attached hydrogens (tertiary/aromatic N) is 6. The topological polar surface area (TPSA) is 162 Å². The molecule has 3 aromatic heterocycles. The first kappa shape index (κ1) is 52.1. The number of ether oxygens (including phenoxy) is 4. The van der Waals surface area contributed by atoms with Gasteiger partial charge in [-0.2, -0.15) is 0 Å². The van der Waals surface area contributed by atoms with Crippen LogP contribution in [-0.4, -0.2) is 120 Å². The third kappa shape index (κ3) is 11.8. The monoisotopic (exact) mass is 1030 g/mol. The molecular formula is C54H60ClFN6O8SSi. The van der Waals surface area contributed by atoms with E-state index in [1.165, 1.54) is 29.8 Å². The second-order valence-electron chi connectivity index (χ2n) is 19.4. The van der Waals surface area contributed by atoms with Gasteiger partial charge in [0.15, 0.2) is 5.82 Å². The van der Waals surface area contributed by atoms with Crippen LogP contribution in [0.1, 0.15) is 37.6 Å². The van der Waals surface area contributed by atoms with Gasteiger partial charge >= 0.3 is 5.97 Å². The van der Waals surface area contributed by atoms with Crippen LogP contribution in [0.25, 0.3) is 43.2 Å². The van der Waals surface area contributed by atoms with Crippen molar-refractivity contribution in [2.75, 3.05) is 53.5 Å². The average Bonchev–Trinajstić information content (AvgIpc) is 3.75. The number of carbonyl (C=O) groups is 1. The molecule has 0 saturated carbocycles. The summed E-state index contributed by atoms with van der Waals surface area (Å²) in [6.45, 7) is 16.5. The fourth-order valence-electron chi connectivity index (χ4n) is 8.18. The number of likely N-dealkylation sites (N-methyl/N-ethyl adjacent to an activating group) is 1. The largest absolute Gasteiger partial charge is 0.543 e. The highest BCUT2D eigenvalue weighted by Gasteiger charge is 2.39. The number of hydrogen-bond acceptors (Lipinski definition) is 14. The zero-order valence-corrected chi connectivity index (χ0v) is 44.3. The van der Waals surface area contributed by atoms with Crippen molar-refractivity contribution in [3.05, 3.63) is 125 Å². The van der Waals surface area contributed by atoms with Gasteiger partial charge < -0.3 is 38.5 Å². The molecule has 0 unspecified atom stereocenters. The zero-order valence-electron chi connectivity index (χ0n) is 41.7. The summed E-state index contributed by atoms with van der Waals surface area (Å²) in [5, 5.41) is 22.0. The van der Waals surface area contributed by atoms with Crippen LogP contribution in [0.15, 0.2) is 97.5 Å². The van der Waals surface area contributed by atoms with E-state index < -0.39 is 32.3 Å². The number of aromatic nitrogens is 4. The Morgan fingerprint density at radius 1 is 0.917 bits per heavy atom. The fourth-order valence-corrected chi connectivity index (χ4v) is 10.6. The number of fused-ring (bicyclic) bond motifs is 1. The Hall–Kier alpha value is -6.21. The highest BCUT2D eigenvalue weighted by Crippen LogP contribution is 2.50. The molecule has 2 N–H and O–H groups in total. The Morgan fingerprint density at radius 3 is 2.36 bits per heavy atom. The van der Waals surface area contributed by atoms with Crippen LogP contribution in [0.3, 0.4) is 0 Å². The van der Waals surface area contributed by atoms with Crippen LogP contribution in [0.2, 0.25) is 23.2 Å². The lowest BCUT2D eigenvalue weighted by atomic mass is 9.96. The number of thiophene rings is 1. The molecule has 7 aromatic rings. The van der Waals surface area contributed by atoms with E-state index in [0.29, 0.717) is 89.0 Å². The van der Waals surface area contributed by atoms with Crippen LogP contribution in [0.5, 0.6) is 28.9 Å². The number of carboxylic acid groups (broad SMARTS) is 1. The predicted molar refractivity (Wildman–Crippen MR) is 282 cm³/mol. The summed E-state index contributed by atoms with van der Waals surface area (Å²) < 4.78 is 46.1. The third-order valence-electron chi connectivity index (χ3n) is 13.3. The van der Waals surface area contributed by atoms with Gasteiger partial charge in [-0.3, -0.25) is 4.90 Å². The maximum absolute atomic E-state index is 14.4. The van der Waals surface area contributed by atoms with Gasteiger partial charge in [0.25, 0.3) is 0 Å². The molecule has 0 bridgehead atoms. The first-order chi connectivity index (χ1) is 34.4. The summed E-state index contributed by atoms with van der Waals surface area (Å²) in [6.07, 6.45) is 0.831. The minimum absolute atomic E-state index is 0.0244. The maximum Gasteiger partial charge on any atom is 0.345 e. The van der Waals surface area contributed by atoms with Crippen molar-refractivity contribution < 1.29 is 42.8 Å². The summed E-state index contributed by atoms with van der Waals surface area (Å²) in [6, 6.07) is 24.4. The molecule has 8 rings (SSSR count). The van der Waals surface area contributed by atoms with Crippen LogP contribution >= 0.6 is 22.9 Å². The summed E-state index contributed by atoms with van der Waals surface area (Å²) in [4.78, 5) is 37.7. The second-order valence-corrected chi connectivity index (χ2v) is 25.5. The van der Waals surface area contributed by atoms with E-state index >= 15 is 0 Å². The molecule has 0 radical (unpaired) electrons. The number of aliphatic hydroxyl groups is 1. The number of aliphatic carboxylic acids is 1. The molecule has 1 fully saturated rings. The van der Waals surface area contributed by atoms with Crippen molar-refractivity contribution in [3.8, 4) is 61.8 Å². The fraction of sp³-hybridized carbons (Fsp3) is 0.352. The molecule has 2 atom stereocenters. The van der Waals surface area contributed by atoms with Crippen molar-refractivity contribution in [2.45, 2.75) is 71.1 Å². The molecule has 1 saturated heterocycles. The second kappa shape index (κ2) is 22.3. The molecular weight excluding hydrogens is 975 g/mol.